The minimum atomic E-state index is -0.605. The van der Waals surface area contributed by atoms with E-state index < -0.39 is 6.10 Å². The van der Waals surface area contributed by atoms with Crippen LogP contribution in [0.3, 0.4) is 0 Å². The van der Waals surface area contributed by atoms with Gasteiger partial charge in [0.1, 0.15) is 5.75 Å². The summed E-state index contributed by atoms with van der Waals surface area (Å²) in [6.07, 6.45) is -0.605. The zero-order chi connectivity index (χ0) is 14.8. The van der Waals surface area contributed by atoms with Gasteiger partial charge in [-0.1, -0.05) is 12.1 Å². The molecule has 0 aliphatic rings. The fourth-order valence-electron chi connectivity index (χ4n) is 1.65. The molecule has 0 amide bonds. The van der Waals surface area contributed by atoms with E-state index in [-0.39, 0.29) is 5.97 Å². The van der Waals surface area contributed by atoms with Gasteiger partial charge in [-0.3, -0.25) is 0 Å². The molecule has 0 heterocycles. The number of carbonyl (C=O) groups is 1. The molecule has 0 aliphatic heterocycles. The minimum absolute atomic E-state index is 0.351. The summed E-state index contributed by atoms with van der Waals surface area (Å²) in [6, 6.07) is 7.64. The maximum atomic E-state index is 11.5. The Morgan fingerprint density at radius 3 is 2.90 bits per heavy atom. The first kappa shape index (κ1) is 16.5. The van der Waals surface area contributed by atoms with Crippen molar-refractivity contribution >= 4 is 5.97 Å². The Morgan fingerprint density at radius 1 is 1.40 bits per heavy atom. The third-order valence-corrected chi connectivity index (χ3v) is 2.64. The smallest absolute Gasteiger partial charge is 0.347 e. The lowest BCUT2D eigenvalue weighted by atomic mass is 10.2. The molecular formula is C15H23NO4. The summed E-state index contributed by atoms with van der Waals surface area (Å²) in [6.45, 7) is 6.01. The molecule has 5 nitrogen and oxygen atoms in total. The summed E-state index contributed by atoms with van der Waals surface area (Å²) in [7, 11) is 1.67. The van der Waals surface area contributed by atoms with E-state index in [0.29, 0.717) is 19.0 Å². The van der Waals surface area contributed by atoms with Crippen LogP contribution in [0.5, 0.6) is 5.75 Å². The zero-order valence-corrected chi connectivity index (χ0v) is 12.3. The second-order valence-electron chi connectivity index (χ2n) is 4.33. The Morgan fingerprint density at radius 2 is 2.20 bits per heavy atom. The fourth-order valence-corrected chi connectivity index (χ4v) is 1.65. The molecule has 0 aliphatic carbocycles. The number of methoxy groups -OCH3 is 1. The van der Waals surface area contributed by atoms with Crippen LogP contribution in [-0.2, 0) is 20.8 Å². The fraction of sp³-hybridized carbons (Fsp3) is 0.533. The standard InChI is InChI=1S/C15H23NO4/c1-4-19-15(17)12(2)20-14-7-5-6-13(10-14)11-16-8-9-18-3/h5-7,10,12,16H,4,8-9,11H2,1-3H3. The zero-order valence-electron chi connectivity index (χ0n) is 12.3. The predicted octanol–water partition coefficient (Wildman–Crippen LogP) is 1.75. The summed E-state index contributed by atoms with van der Waals surface area (Å²) in [5.41, 5.74) is 1.09. The van der Waals surface area contributed by atoms with E-state index >= 15 is 0 Å². The molecule has 1 aromatic carbocycles. The van der Waals surface area contributed by atoms with Gasteiger partial charge in [-0.15, -0.1) is 0 Å². The van der Waals surface area contributed by atoms with Crippen molar-refractivity contribution in [1.82, 2.24) is 5.32 Å². The molecule has 0 radical (unpaired) electrons. The average molecular weight is 281 g/mol. The van der Waals surface area contributed by atoms with Gasteiger partial charge in [-0.05, 0) is 31.5 Å². The van der Waals surface area contributed by atoms with E-state index in [4.69, 9.17) is 14.2 Å². The molecule has 0 saturated carbocycles. The Hall–Kier alpha value is -1.59. The summed E-state index contributed by atoms with van der Waals surface area (Å²) in [4.78, 5) is 11.5. The number of rotatable bonds is 9. The van der Waals surface area contributed by atoms with Gasteiger partial charge in [0.25, 0.3) is 0 Å². The first-order chi connectivity index (χ1) is 9.67. The molecule has 5 heteroatoms. The van der Waals surface area contributed by atoms with Gasteiger partial charge in [0.05, 0.1) is 13.2 Å². The molecule has 0 aromatic heterocycles. The van der Waals surface area contributed by atoms with Crippen molar-refractivity contribution in [3.63, 3.8) is 0 Å². The molecule has 0 bridgehead atoms. The van der Waals surface area contributed by atoms with Crippen LogP contribution in [-0.4, -0.2) is 38.9 Å². The molecule has 20 heavy (non-hydrogen) atoms. The Kier molecular flexibility index (Phi) is 7.69. The van der Waals surface area contributed by atoms with Crippen LogP contribution >= 0.6 is 0 Å². The lowest BCUT2D eigenvalue weighted by Crippen LogP contribution is -2.26. The second-order valence-corrected chi connectivity index (χ2v) is 4.33. The van der Waals surface area contributed by atoms with Crippen molar-refractivity contribution in [2.45, 2.75) is 26.5 Å². The van der Waals surface area contributed by atoms with Crippen LogP contribution in [0.25, 0.3) is 0 Å². The Labute approximate surface area is 120 Å². The van der Waals surface area contributed by atoms with E-state index in [1.54, 1.807) is 21.0 Å². The van der Waals surface area contributed by atoms with Crippen LogP contribution < -0.4 is 10.1 Å². The van der Waals surface area contributed by atoms with Crippen LogP contribution in [0, 0.1) is 0 Å². The SMILES string of the molecule is CCOC(=O)C(C)Oc1cccc(CNCCOC)c1. The third-order valence-electron chi connectivity index (χ3n) is 2.64. The third kappa shape index (κ3) is 6.04. The van der Waals surface area contributed by atoms with Crippen LogP contribution in [0.4, 0.5) is 0 Å². The number of esters is 1. The number of nitrogens with one attached hydrogen (secondary N) is 1. The van der Waals surface area contributed by atoms with Gasteiger partial charge < -0.3 is 19.5 Å². The van der Waals surface area contributed by atoms with Crippen molar-refractivity contribution in [2.75, 3.05) is 26.9 Å². The molecule has 1 unspecified atom stereocenters. The van der Waals surface area contributed by atoms with Gasteiger partial charge in [0.15, 0.2) is 6.10 Å². The Bertz CT molecular complexity index is 409. The number of ether oxygens (including phenoxy) is 3. The molecule has 0 spiro atoms. The van der Waals surface area contributed by atoms with Gasteiger partial charge >= 0.3 is 5.97 Å². The highest BCUT2D eigenvalue weighted by Crippen LogP contribution is 2.15. The van der Waals surface area contributed by atoms with Crippen molar-refractivity contribution in [3.8, 4) is 5.75 Å². The van der Waals surface area contributed by atoms with Crippen molar-refractivity contribution in [2.24, 2.45) is 0 Å². The molecule has 1 atom stereocenters. The highest BCUT2D eigenvalue weighted by atomic mass is 16.6. The van der Waals surface area contributed by atoms with E-state index in [1.807, 2.05) is 24.3 Å². The first-order valence-corrected chi connectivity index (χ1v) is 6.79. The van der Waals surface area contributed by atoms with Crippen molar-refractivity contribution in [1.29, 1.82) is 0 Å². The lowest BCUT2D eigenvalue weighted by molar-refractivity contribution is -0.150. The summed E-state index contributed by atoms with van der Waals surface area (Å²) >= 11 is 0. The number of hydrogen-bond acceptors (Lipinski definition) is 5. The van der Waals surface area contributed by atoms with Gasteiger partial charge in [-0.2, -0.15) is 0 Å². The van der Waals surface area contributed by atoms with E-state index in [9.17, 15) is 4.79 Å². The molecular weight excluding hydrogens is 258 g/mol. The number of benzene rings is 1. The minimum Gasteiger partial charge on any atom is -0.479 e. The van der Waals surface area contributed by atoms with Crippen LogP contribution in [0.2, 0.25) is 0 Å². The summed E-state index contributed by atoms with van der Waals surface area (Å²) < 4.78 is 15.4. The monoisotopic (exact) mass is 281 g/mol. The van der Waals surface area contributed by atoms with E-state index in [0.717, 1.165) is 18.7 Å². The second kappa shape index (κ2) is 9.34. The van der Waals surface area contributed by atoms with E-state index in [1.165, 1.54) is 0 Å². The summed E-state index contributed by atoms with van der Waals surface area (Å²) in [5.74, 6) is 0.313. The number of hydrogen-bond donors (Lipinski definition) is 1. The van der Waals surface area contributed by atoms with Crippen molar-refractivity contribution < 1.29 is 19.0 Å². The highest BCUT2D eigenvalue weighted by Gasteiger charge is 2.15. The molecule has 1 rings (SSSR count). The topological polar surface area (TPSA) is 56.8 Å². The largest absolute Gasteiger partial charge is 0.479 e. The van der Waals surface area contributed by atoms with Gasteiger partial charge in [-0.25, -0.2) is 4.79 Å². The predicted molar refractivity (Wildman–Crippen MR) is 76.7 cm³/mol. The van der Waals surface area contributed by atoms with Gasteiger partial charge in [0.2, 0.25) is 0 Å². The van der Waals surface area contributed by atoms with Crippen molar-refractivity contribution in [3.05, 3.63) is 29.8 Å². The maximum Gasteiger partial charge on any atom is 0.347 e. The normalized spacial score (nSPS) is 11.9. The highest BCUT2D eigenvalue weighted by molar-refractivity contribution is 5.74. The average Bonchev–Trinajstić information content (AvgIpc) is 2.44. The molecule has 0 saturated heterocycles. The Balaban J connectivity index is 2.48. The maximum absolute atomic E-state index is 11.5. The van der Waals surface area contributed by atoms with Gasteiger partial charge in [0, 0.05) is 20.2 Å². The number of carbonyl (C=O) groups excluding carboxylic acids is 1. The lowest BCUT2D eigenvalue weighted by Gasteiger charge is -2.14. The van der Waals surface area contributed by atoms with Crippen LogP contribution in [0.1, 0.15) is 19.4 Å². The quantitative estimate of drug-likeness (QED) is 0.552. The first-order valence-electron chi connectivity index (χ1n) is 6.79. The molecule has 1 aromatic rings. The van der Waals surface area contributed by atoms with Crippen LogP contribution in [0.15, 0.2) is 24.3 Å². The molecule has 112 valence electrons. The summed E-state index contributed by atoms with van der Waals surface area (Å²) in [5, 5.41) is 3.25. The van der Waals surface area contributed by atoms with E-state index in [2.05, 4.69) is 5.32 Å². The molecule has 0 fully saturated rings. The molecule has 1 N–H and O–H groups in total.